The molecule has 0 aromatic rings. The zero-order valence-corrected chi connectivity index (χ0v) is 9.93. The number of hydrogen-bond donors (Lipinski definition) is 5. The molecular formula is C11H18O7. The van der Waals surface area contributed by atoms with E-state index >= 15 is 0 Å². The summed E-state index contributed by atoms with van der Waals surface area (Å²) in [6.45, 7) is 1.05. The van der Waals surface area contributed by atoms with Crippen molar-refractivity contribution in [1.29, 1.82) is 0 Å². The summed E-state index contributed by atoms with van der Waals surface area (Å²) >= 11 is 0. The van der Waals surface area contributed by atoms with Crippen LogP contribution in [0.25, 0.3) is 0 Å². The molecule has 0 aliphatic carbocycles. The number of ether oxygens (including phenoxy) is 1. The number of aliphatic hydroxyl groups is 4. The Bertz CT molecular complexity index is 325. The van der Waals surface area contributed by atoms with E-state index in [1.165, 1.54) is 0 Å². The topological polar surface area (TPSA) is 127 Å². The molecule has 1 heterocycles. The van der Waals surface area contributed by atoms with Crippen LogP contribution in [0.5, 0.6) is 0 Å². The third-order valence-electron chi connectivity index (χ3n) is 2.88. The van der Waals surface area contributed by atoms with Crippen molar-refractivity contribution in [2.45, 2.75) is 43.9 Å². The van der Waals surface area contributed by atoms with E-state index < -0.39 is 43.1 Å². The van der Waals surface area contributed by atoms with Gasteiger partial charge in [-0.25, -0.2) is 4.79 Å². The minimum atomic E-state index is -1.43. The summed E-state index contributed by atoms with van der Waals surface area (Å²) in [5, 5.41) is 46.3. The van der Waals surface area contributed by atoms with Crippen molar-refractivity contribution in [3.63, 3.8) is 0 Å². The maximum absolute atomic E-state index is 10.5. The van der Waals surface area contributed by atoms with Crippen molar-refractivity contribution in [2.24, 2.45) is 0 Å². The minimum absolute atomic E-state index is 0.0910. The second-order valence-electron chi connectivity index (χ2n) is 4.40. The second-order valence-corrected chi connectivity index (χ2v) is 4.40. The van der Waals surface area contributed by atoms with Crippen LogP contribution < -0.4 is 0 Å². The Morgan fingerprint density at radius 1 is 1.17 bits per heavy atom. The number of hydrogen-bond acceptors (Lipinski definition) is 6. The van der Waals surface area contributed by atoms with E-state index in [1.54, 1.807) is 6.92 Å². The van der Waals surface area contributed by atoms with E-state index in [4.69, 9.17) is 14.9 Å². The van der Waals surface area contributed by atoms with Gasteiger partial charge in [-0.05, 0) is 13.3 Å². The third-order valence-corrected chi connectivity index (χ3v) is 2.88. The fourth-order valence-electron chi connectivity index (χ4n) is 1.93. The Hall–Kier alpha value is -0.990. The van der Waals surface area contributed by atoms with Gasteiger partial charge >= 0.3 is 5.97 Å². The Morgan fingerprint density at radius 3 is 2.22 bits per heavy atom. The Labute approximate surface area is 104 Å². The molecule has 1 aliphatic heterocycles. The Balaban J connectivity index is 2.73. The highest BCUT2D eigenvalue weighted by Gasteiger charge is 2.43. The summed E-state index contributed by atoms with van der Waals surface area (Å²) in [5.74, 6) is -1.11. The van der Waals surface area contributed by atoms with Gasteiger partial charge in [-0.15, -0.1) is 0 Å². The fourth-order valence-corrected chi connectivity index (χ4v) is 1.93. The Kier molecular flexibility index (Phi) is 5.24. The van der Waals surface area contributed by atoms with Crippen molar-refractivity contribution in [2.75, 3.05) is 6.61 Å². The zero-order chi connectivity index (χ0) is 13.9. The van der Waals surface area contributed by atoms with Crippen LogP contribution in [0.4, 0.5) is 0 Å². The molecule has 1 fully saturated rings. The van der Waals surface area contributed by atoms with Crippen LogP contribution in [-0.2, 0) is 9.53 Å². The molecule has 7 nitrogen and oxygen atoms in total. The predicted octanol–water partition coefficient (Wildman–Crippen LogP) is -1.75. The third kappa shape index (κ3) is 3.50. The van der Waals surface area contributed by atoms with Gasteiger partial charge in [-0.2, -0.15) is 0 Å². The summed E-state index contributed by atoms with van der Waals surface area (Å²) in [7, 11) is 0. The van der Waals surface area contributed by atoms with Crippen LogP contribution >= 0.6 is 0 Å². The summed E-state index contributed by atoms with van der Waals surface area (Å²) in [4.78, 5) is 10.5. The first kappa shape index (κ1) is 15.1. The van der Waals surface area contributed by atoms with E-state index in [9.17, 15) is 20.1 Å². The Morgan fingerprint density at radius 2 is 1.72 bits per heavy atom. The normalized spacial score (nSPS) is 37.6. The van der Waals surface area contributed by atoms with Crippen LogP contribution in [0.2, 0.25) is 0 Å². The van der Waals surface area contributed by atoms with E-state index in [0.29, 0.717) is 5.57 Å². The molecule has 0 spiro atoms. The fraction of sp³-hybridized carbons (Fsp3) is 0.727. The highest BCUT2D eigenvalue weighted by molar-refractivity contribution is 5.80. The van der Waals surface area contributed by atoms with Gasteiger partial charge in [0.05, 0.1) is 12.7 Å². The van der Waals surface area contributed by atoms with Gasteiger partial charge in [0.25, 0.3) is 0 Å². The van der Waals surface area contributed by atoms with Crippen molar-refractivity contribution < 1.29 is 35.1 Å². The first-order chi connectivity index (χ1) is 8.36. The first-order valence-corrected chi connectivity index (χ1v) is 5.57. The standard InChI is InChI=1S/C11H18O7/c1-5(3-8(13)14)2-6-9(15)11(17)10(16)7(4-12)18-6/h3,6-7,9-12,15-17H,2,4H2,1H3,(H,13,14)/b5-3+/t6-,7+,9-,10-,11+/m0/s1. The summed E-state index contributed by atoms with van der Waals surface area (Å²) < 4.78 is 5.24. The first-order valence-electron chi connectivity index (χ1n) is 5.57. The minimum Gasteiger partial charge on any atom is -0.478 e. The molecule has 0 saturated carbocycles. The van der Waals surface area contributed by atoms with E-state index in [1.807, 2.05) is 0 Å². The molecule has 0 radical (unpaired) electrons. The van der Waals surface area contributed by atoms with E-state index in [-0.39, 0.29) is 6.42 Å². The highest BCUT2D eigenvalue weighted by Crippen LogP contribution is 2.25. The molecule has 1 aliphatic rings. The quantitative estimate of drug-likeness (QED) is 0.380. The predicted molar refractivity (Wildman–Crippen MR) is 59.8 cm³/mol. The molecule has 5 N–H and O–H groups in total. The summed E-state index contributed by atoms with van der Waals surface area (Å²) in [6, 6.07) is 0. The van der Waals surface area contributed by atoms with Gasteiger partial charge in [-0.1, -0.05) is 5.57 Å². The average molecular weight is 262 g/mol. The number of carboxylic acids is 1. The van der Waals surface area contributed by atoms with Crippen molar-refractivity contribution in [3.05, 3.63) is 11.6 Å². The van der Waals surface area contributed by atoms with Crippen LogP contribution in [0.3, 0.4) is 0 Å². The molecule has 0 bridgehead atoms. The van der Waals surface area contributed by atoms with Gasteiger partial charge in [0.15, 0.2) is 0 Å². The van der Waals surface area contributed by atoms with Crippen LogP contribution in [0.15, 0.2) is 11.6 Å². The lowest BCUT2D eigenvalue weighted by atomic mass is 9.92. The lowest BCUT2D eigenvalue weighted by molar-refractivity contribution is -0.228. The molecule has 18 heavy (non-hydrogen) atoms. The molecule has 0 unspecified atom stereocenters. The van der Waals surface area contributed by atoms with Gasteiger partial charge in [0.2, 0.25) is 0 Å². The molecule has 1 saturated heterocycles. The lowest BCUT2D eigenvalue weighted by Gasteiger charge is -2.40. The molecule has 0 aromatic carbocycles. The summed E-state index contributed by atoms with van der Waals surface area (Å²) in [5.41, 5.74) is 0.451. The van der Waals surface area contributed by atoms with Crippen LogP contribution in [-0.4, -0.2) is 68.6 Å². The number of aliphatic carboxylic acids is 1. The molecule has 5 atom stereocenters. The molecule has 7 heteroatoms. The smallest absolute Gasteiger partial charge is 0.328 e. The van der Waals surface area contributed by atoms with Crippen molar-refractivity contribution in [3.8, 4) is 0 Å². The van der Waals surface area contributed by atoms with E-state index in [0.717, 1.165) is 6.08 Å². The highest BCUT2D eigenvalue weighted by atomic mass is 16.5. The number of carboxylic acid groups (broad SMARTS) is 1. The lowest BCUT2D eigenvalue weighted by Crippen LogP contribution is -2.58. The monoisotopic (exact) mass is 262 g/mol. The average Bonchev–Trinajstić information content (AvgIpc) is 2.29. The largest absolute Gasteiger partial charge is 0.478 e. The molecule has 104 valence electrons. The van der Waals surface area contributed by atoms with Gasteiger partial charge in [-0.3, -0.25) is 0 Å². The van der Waals surface area contributed by atoms with Crippen LogP contribution in [0, 0.1) is 0 Å². The zero-order valence-electron chi connectivity index (χ0n) is 9.93. The van der Waals surface area contributed by atoms with Crippen LogP contribution in [0.1, 0.15) is 13.3 Å². The molecule has 0 aromatic heterocycles. The number of aliphatic hydroxyl groups excluding tert-OH is 4. The SMILES string of the molecule is C/C(=C\C(=O)O)C[C@@H]1O[C@H](CO)[C@H](O)[C@H](O)[C@H]1O. The van der Waals surface area contributed by atoms with Gasteiger partial charge in [0, 0.05) is 6.08 Å². The van der Waals surface area contributed by atoms with Gasteiger partial charge < -0.3 is 30.3 Å². The van der Waals surface area contributed by atoms with E-state index in [2.05, 4.69) is 0 Å². The maximum Gasteiger partial charge on any atom is 0.328 e. The van der Waals surface area contributed by atoms with Crippen molar-refractivity contribution >= 4 is 5.97 Å². The van der Waals surface area contributed by atoms with Crippen molar-refractivity contribution in [1.82, 2.24) is 0 Å². The summed E-state index contributed by atoms with van der Waals surface area (Å²) in [6.07, 6.45) is -4.93. The second kappa shape index (κ2) is 6.26. The van der Waals surface area contributed by atoms with Gasteiger partial charge in [0.1, 0.15) is 24.4 Å². The molecule has 0 amide bonds. The maximum atomic E-state index is 10.5. The number of carbonyl (C=O) groups is 1. The molecule has 1 rings (SSSR count). The number of rotatable bonds is 4. The molecular weight excluding hydrogens is 244 g/mol.